The number of anilines is 4. The van der Waals surface area contributed by atoms with E-state index in [0.717, 1.165) is 25.9 Å². The van der Waals surface area contributed by atoms with Gasteiger partial charge < -0.3 is 25.6 Å². The maximum absolute atomic E-state index is 14.5. The number of benzene rings is 1. The maximum atomic E-state index is 14.5. The molecule has 32 heavy (non-hydrogen) atoms. The van der Waals surface area contributed by atoms with Gasteiger partial charge in [0, 0.05) is 30.9 Å². The van der Waals surface area contributed by atoms with Crippen LogP contribution in [0.3, 0.4) is 0 Å². The van der Waals surface area contributed by atoms with Crippen molar-refractivity contribution in [1.29, 1.82) is 0 Å². The van der Waals surface area contributed by atoms with Crippen molar-refractivity contribution in [1.82, 2.24) is 19.9 Å². The fourth-order valence-electron chi connectivity index (χ4n) is 4.75. The summed E-state index contributed by atoms with van der Waals surface area (Å²) < 4.78 is 19.6. The highest BCUT2D eigenvalue weighted by Crippen LogP contribution is 2.30. The summed E-state index contributed by atoms with van der Waals surface area (Å²) in [6.07, 6.45) is 8.55. The lowest BCUT2D eigenvalue weighted by Gasteiger charge is -2.29. The van der Waals surface area contributed by atoms with Crippen molar-refractivity contribution in [3.05, 3.63) is 24.0 Å². The normalized spacial score (nSPS) is 19.8. The third-order valence-electron chi connectivity index (χ3n) is 6.67. The first-order valence-corrected chi connectivity index (χ1v) is 11.6. The molecule has 3 N–H and O–H groups in total. The highest BCUT2D eigenvalue weighted by atomic mass is 19.1. The van der Waals surface area contributed by atoms with Crippen LogP contribution in [0.4, 0.5) is 27.9 Å². The number of hydrogen-bond donors (Lipinski definition) is 2. The number of hydrogen-bond acceptors (Lipinski definition) is 8. The first-order valence-electron chi connectivity index (χ1n) is 11.6. The Labute approximate surface area is 189 Å². The summed E-state index contributed by atoms with van der Waals surface area (Å²) in [6, 6.07) is 5.23. The zero-order valence-electron chi connectivity index (χ0n) is 19.1. The van der Waals surface area contributed by atoms with Gasteiger partial charge in [0.1, 0.15) is 0 Å². The van der Waals surface area contributed by atoms with Crippen LogP contribution >= 0.6 is 0 Å². The van der Waals surface area contributed by atoms with Crippen LogP contribution in [0.2, 0.25) is 0 Å². The lowest BCUT2D eigenvalue weighted by atomic mass is 9.89. The van der Waals surface area contributed by atoms with Gasteiger partial charge in [0.05, 0.1) is 7.11 Å². The standard InChI is InChI=1S/C23H34FN7O/c1-30-12-6-9-18(30)15-31(17-10-11-20(32-2)19(24)13-17)23-28-21(25)27-22(29-23)26-14-16-7-4-3-5-8-16/h10-11,13,16,18H,3-9,12,14-15H2,1-2H3,(H3,25,26,27,28,29). The molecule has 2 aromatic rings. The summed E-state index contributed by atoms with van der Waals surface area (Å²) in [5, 5.41) is 3.36. The van der Waals surface area contributed by atoms with Gasteiger partial charge in [-0.1, -0.05) is 19.3 Å². The van der Waals surface area contributed by atoms with E-state index in [1.807, 2.05) is 11.0 Å². The molecule has 1 saturated carbocycles. The maximum Gasteiger partial charge on any atom is 0.236 e. The van der Waals surface area contributed by atoms with Crippen molar-refractivity contribution in [2.24, 2.45) is 5.92 Å². The predicted molar refractivity (Wildman–Crippen MR) is 125 cm³/mol. The molecule has 1 aliphatic carbocycles. The zero-order chi connectivity index (χ0) is 22.5. The number of nitrogens with two attached hydrogens (primary N) is 1. The van der Waals surface area contributed by atoms with Crippen molar-refractivity contribution in [2.75, 3.05) is 49.7 Å². The SMILES string of the molecule is COc1ccc(N(CC2CCCN2C)c2nc(N)nc(NCC3CCCCC3)n2)cc1F. The highest BCUT2D eigenvalue weighted by molar-refractivity contribution is 5.60. The second-order valence-electron chi connectivity index (χ2n) is 8.91. The number of nitrogens with one attached hydrogen (secondary N) is 1. The molecule has 2 aliphatic rings. The Morgan fingerprint density at radius 2 is 1.97 bits per heavy atom. The number of aromatic nitrogens is 3. The average molecular weight is 444 g/mol. The molecule has 9 heteroatoms. The third kappa shape index (κ3) is 5.38. The van der Waals surface area contributed by atoms with Crippen molar-refractivity contribution in [3.63, 3.8) is 0 Å². The summed E-state index contributed by atoms with van der Waals surface area (Å²) in [6.45, 7) is 2.50. The topological polar surface area (TPSA) is 92.4 Å². The Kier molecular flexibility index (Phi) is 7.24. The molecule has 1 aliphatic heterocycles. The van der Waals surface area contributed by atoms with Gasteiger partial charge in [-0.05, 0) is 57.3 Å². The zero-order valence-corrected chi connectivity index (χ0v) is 19.1. The van der Waals surface area contributed by atoms with Crippen molar-refractivity contribution in [2.45, 2.75) is 51.0 Å². The Hall–Kier alpha value is -2.68. The second-order valence-corrected chi connectivity index (χ2v) is 8.91. The second kappa shape index (κ2) is 10.3. The molecule has 1 aromatic heterocycles. The van der Waals surface area contributed by atoms with Crippen LogP contribution in [-0.2, 0) is 0 Å². The number of rotatable bonds is 8. The minimum absolute atomic E-state index is 0.153. The minimum atomic E-state index is -0.424. The fourth-order valence-corrected chi connectivity index (χ4v) is 4.75. The molecular weight excluding hydrogens is 409 g/mol. The number of methoxy groups -OCH3 is 1. The lowest BCUT2D eigenvalue weighted by molar-refractivity contribution is 0.315. The summed E-state index contributed by atoms with van der Waals surface area (Å²) in [7, 11) is 3.57. The molecule has 0 spiro atoms. The van der Waals surface area contributed by atoms with Gasteiger partial charge in [-0.15, -0.1) is 0 Å². The van der Waals surface area contributed by atoms with E-state index in [1.165, 1.54) is 45.3 Å². The lowest BCUT2D eigenvalue weighted by Crippen LogP contribution is -2.37. The van der Waals surface area contributed by atoms with E-state index in [9.17, 15) is 4.39 Å². The van der Waals surface area contributed by atoms with E-state index < -0.39 is 5.82 Å². The number of ether oxygens (including phenoxy) is 1. The van der Waals surface area contributed by atoms with Crippen LogP contribution in [0.1, 0.15) is 44.9 Å². The summed E-state index contributed by atoms with van der Waals surface area (Å²) in [4.78, 5) is 17.6. The first-order chi connectivity index (χ1) is 15.5. The molecule has 1 unspecified atom stereocenters. The molecule has 174 valence electrons. The van der Waals surface area contributed by atoms with Gasteiger partial charge in [-0.2, -0.15) is 15.0 Å². The largest absolute Gasteiger partial charge is 0.494 e. The molecule has 1 aromatic carbocycles. The van der Waals surface area contributed by atoms with Crippen molar-refractivity contribution >= 4 is 23.5 Å². The molecule has 4 rings (SSSR count). The van der Waals surface area contributed by atoms with Gasteiger partial charge in [0.2, 0.25) is 17.8 Å². The third-order valence-corrected chi connectivity index (χ3v) is 6.67. The Balaban J connectivity index is 1.60. The number of likely N-dealkylation sites (N-methyl/N-ethyl adjacent to an activating group) is 1. The average Bonchev–Trinajstić information content (AvgIpc) is 3.20. The molecule has 1 atom stereocenters. The molecule has 2 heterocycles. The molecule has 0 amide bonds. The monoisotopic (exact) mass is 443 g/mol. The van der Waals surface area contributed by atoms with E-state index in [1.54, 1.807) is 6.07 Å². The van der Waals surface area contributed by atoms with E-state index in [0.29, 0.717) is 36.1 Å². The summed E-state index contributed by atoms with van der Waals surface area (Å²) in [5.74, 6) is 1.46. The van der Waals surface area contributed by atoms with Crippen LogP contribution < -0.4 is 20.7 Å². The van der Waals surface area contributed by atoms with Gasteiger partial charge in [0.15, 0.2) is 11.6 Å². The first kappa shape index (κ1) is 22.5. The van der Waals surface area contributed by atoms with Crippen LogP contribution in [-0.4, -0.2) is 59.7 Å². The summed E-state index contributed by atoms with van der Waals surface area (Å²) in [5.41, 5.74) is 6.72. The number of halogens is 1. The number of likely N-dealkylation sites (tertiary alicyclic amines) is 1. The molecule has 8 nitrogen and oxygen atoms in total. The minimum Gasteiger partial charge on any atom is -0.494 e. The van der Waals surface area contributed by atoms with Crippen LogP contribution in [0.25, 0.3) is 0 Å². The molecule has 0 radical (unpaired) electrons. The predicted octanol–water partition coefficient (Wildman–Crippen LogP) is 3.83. The highest BCUT2D eigenvalue weighted by Gasteiger charge is 2.27. The van der Waals surface area contributed by atoms with Gasteiger partial charge >= 0.3 is 0 Å². The Bertz CT molecular complexity index is 906. The quantitative estimate of drug-likeness (QED) is 0.636. The van der Waals surface area contributed by atoms with E-state index in [2.05, 4.69) is 32.2 Å². The van der Waals surface area contributed by atoms with E-state index in [-0.39, 0.29) is 11.7 Å². The molecule has 1 saturated heterocycles. The fraction of sp³-hybridized carbons (Fsp3) is 0.609. The molecule has 0 bridgehead atoms. The summed E-state index contributed by atoms with van der Waals surface area (Å²) >= 11 is 0. The van der Waals surface area contributed by atoms with Crippen molar-refractivity contribution < 1.29 is 9.13 Å². The van der Waals surface area contributed by atoms with Gasteiger partial charge in [-0.3, -0.25) is 0 Å². The Morgan fingerprint density at radius 1 is 1.16 bits per heavy atom. The van der Waals surface area contributed by atoms with Gasteiger partial charge in [-0.25, -0.2) is 4.39 Å². The van der Waals surface area contributed by atoms with E-state index >= 15 is 0 Å². The number of nitrogen functional groups attached to an aromatic ring is 1. The van der Waals surface area contributed by atoms with E-state index in [4.69, 9.17) is 10.5 Å². The Morgan fingerprint density at radius 3 is 2.66 bits per heavy atom. The van der Waals surface area contributed by atoms with Crippen LogP contribution in [0.15, 0.2) is 18.2 Å². The smallest absolute Gasteiger partial charge is 0.236 e. The van der Waals surface area contributed by atoms with Crippen LogP contribution in [0.5, 0.6) is 5.75 Å². The van der Waals surface area contributed by atoms with Crippen LogP contribution in [0, 0.1) is 11.7 Å². The molecular formula is C23H34FN7O. The number of nitrogens with zero attached hydrogens (tertiary/aromatic N) is 5. The van der Waals surface area contributed by atoms with Crippen molar-refractivity contribution in [3.8, 4) is 5.75 Å². The molecule has 2 fully saturated rings. The van der Waals surface area contributed by atoms with Gasteiger partial charge in [0.25, 0.3) is 0 Å².